The highest BCUT2D eigenvalue weighted by atomic mass is 16.5. The summed E-state index contributed by atoms with van der Waals surface area (Å²) in [7, 11) is 0. The molecule has 0 saturated heterocycles. The Hall–Kier alpha value is -0.0800. The van der Waals surface area contributed by atoms with Gasteiger partial charge in [0.05, 0.1) is 18.3 Å². The summed E-state index contributed by atoms with van der Waals surface area (Å²) in [4.78, 5) is 0. The molecule has 1 saturated carbocycles. The Bertz CT molecular complexity index is 221. The number of rotatable bonds is 4. The molecular weight excluding hydrogens is 200 g/mol. The lowest BCUT2D eigenvalue weighted by molar-refractivity contribution is -0.119. The van der Waals surface area contributed by atoms with Crippen LogP contribution in [0.2, 0.25) is 0 Å². The molecular formula is C14H28O2. The van der Waals surface area contributed by atoms with Crippen LogP contribution < -0.4 is 0 Å². The Kier molecular flexibility index (Phi) is 4.42. The van der Waals surface area contributed by atoms with Crippen molar-refractivity contribution >= 4 is 0 Å². The lowest BCUT2D eigenvalue weighted by Crippen LogP contribution is -2.38. The fourth-order valence-corrected chi connectivity index (χ4v) is 2.79. The molecule has 2 nitrogen and oxygen atoms in total. The molecule has 0 amide bonds. The summed E-state index contributed by atoms with van der Waals surface area (Å²) in [5, 5.41) is 9.22. The average molecular weight is 228 g/mol. The van der Waals surface area contributed by atoms with Gasteiger partial charge in [-0.3, -0.25) is 0 Å². The topological polar surface area (TPSA) is 29.5 Å². The number of aliphatic hydroxyl groups is 1. The Morgan fingerprint density at radius 3 is 2.56 bits per heavy atom. The van der Waals surface area contributed by atoms with Crippen molar-refractivity contribution in [3.05, 3.63) is 0 Å². The normalized spacial score (nSPS) is 27.8. The minimum absolute atomic E-state index is 0.0907. The van der Waals surface area contributed by atoms with E-state index in [0.29, 0.717) is 11.3 Å². The van der Waals surface area contributed by atoms with E-state index in [-0.39, 0.29) is 12.7 Å². The van der Waals surface area contributed by atoms with Crippen LogP contribution in [-0.2, 0) is 4.74 Å². The summed E-state index contributed by atoms with van der Waals surface area (Å²) in [6.45, 7) is 10.9. The summed E-state index contributed by atoms with van der Waals surface area (Å²) in [5.41, 5.74) is 0.0604. The van der Waals surface area contributed by atoms with Gasteiger partial charge in [-0.1, -0.05) is 20.3 Å². The first-order valence-corrected chi connectivity index (χ1v) is 6.54. The molecule has 1 N–H and O–H groups in total. The van der Waals surface area contributed by atoms with Gasteiger partial charge in [-0.15, -0.1) is 0 Å². The zero-order valence-electron chi connectivity index (χ0n) is 11.5. The lowest BCUT2D eigenvalue weighted by atomic mass is 9.71. The number of ether oxygens (including phenoxy) is 1. The van der Waals surface area contributed by atoms with E-state index in [0.717, 1.165) is 0 Å². The van der Waals surface area contributed by atoms with Gasteiger partial charge in [0.2, 0.25) is 0 Å². The monoisotopic (exact) mass is 228 g/mol. The van der Waals surface area contributed by atoms with Crippen LogP contribution in [0.5, 0.6) is 0 Å². The van der Waals surface area contributed by atoms with E-state index in [1.807, 2.05) is 13.8 Å². The second kappa shape index (κ2) is 5.05. The van der Waals surface area contributed by atoms with Gasteiger partial charge in [0.25, 0.3) is 0 Å². The van der Waals surface area contributed by atoms with Crippen LogP contribution in [0, 0.1) is 11.3 Å². The minimum atomic E-state index is -0.402. The Labute approximate surface area is 100 Å². The van der Waals surface area contributed by atoms with Crippen molar-refractivity contribution in [2.45, 2.75) is 72.0 Å². The van der Waals surface area contributed by atoms with E-state index in [1.165, 1.54) is 25.7 Å². The van der Waals surface area contributed by atoms with Crippen molar-refractivity contribution in [3.8, 4) is 0 Å². The Balaban J connectivity index is 2.51. The smallest absolute Gasteiger partial charge is 0.0859 e. The molecule has 2 heteroatoms. The standard InChI is InChI=1S/C14H28O2/c1-11(16-14(4,5)10-15)12-7-6-8-13(2,3)9-12/h11-12,15H,6-10H2,1-5H3/t11-,12-/m0/s1. The second-order valence-corrected chi connectivity index (χ2v) is 6.76. The van der Waals surface area contributed by atoms with Gasteiger partial charge < -0.3 is 9.84 Å². The summed E-state index contributed by atoms with van der Waals surface area (Å²) < 4.78 is 5.97. The zero-order valence-corrected chi connectivity index (χ0v) is 11.5. The van der Waals surface area contributed by atoms with Gasteiger partial charge in [-0.25, -0.2) is 0 Å². The van der Waals surface area contributed by atoms with Crippen molar-refractivity contribution in [2.75, 3.05) is 6.61 Å². The van der Waals surface area contributed by atoms with Crippen LogP contribution in [0.4, 0.5) is 0 Å². The van der Waals surface area contributed by atoms with Crippen molar-refractivity contribution in [1.82, 2.24) is 0 Å². The molecule has 0 aliphatic heterocycles. The van der Waals surface area contributed by atoms with Crippen LogP contribution in [0.3, 0.4) is 0 Å². The quantitative estimate of drug-likeness (QED) is 0.799. The molecule has 0 unspecified atom stereocenters. The van der Waals surface area contributed by atoms with Crippen molar-refractivity contribution in [1.29, 1.82) is 0 Å². The molecule has 0 spiro atoms. The number of hydrogen-bond acceptors (Lipinski definition) is 2. The highest BCUT2D eigenvalue weighted by Crippen LogP contribution is 2.41. The first-order valence-electron chi connectivity index (χ1n) is 6.54. The molecule has 0 aromatic heterocycles. The van der Waals surface area contributed by atoms with Crippen LogP contribution in [-0.4, -0.2) is 23.4 Å². The maximum atomic E-state index is 9.22. The minimum Gasteiger partial charge on any atom is -0.393 e. The second-order valence-electron chi connectivity index (χ2n) is 6.76. The van der Waals surface area contributed by atoms with Crippen LogP contribution in [0.25, 0.3) is 0 Å². The molecule has 2 atom stereocenters. The number of hydrogen-bond donors (Lipinski definition) is 1. The Morgan fingerprint density at radius 2 is 2.06 bits per heavy atom. The molecule has 1 rings (SSSR count). The predicted molar refractivity (Wildman–Crippen MR) is 67.5 cm³/mol. The summed E-state index contributed by atoms with van der Waals surface area (Å²) in [5.74, 6) is 0.648. The third kappa shape index (κ3) is 4.06. The Morgan fingerprint density at radius 1 is 1.44 bits per heavy atom. The van der Waals surface area contributed by atoms with Crippen LogP contribution in [0.15, 0.2) is 0 Å². The largest absolute Gasteiger partial charge is 0.393 e. The van der Waals surface area contributed by atoms with E-state index in [4.69, 9.17) is 4.74 Å². The van der Waals surface area contributed by atoms with Gasteiger partial charge in [0, 0.05) is 0 Å². The van der Waals surface area contributed by atoms with E-state index >= 15 is 0 Å². The third-order valence-corrected chi connectivity index (χ3v) is 3.79. The van der Waals surface area contributed by atoms with Gasteiger partial charge in [-0.05, 0) is 51.4 Å². The lowest BCUT2D eigenvalue weighted by Gasteiger charge is -2.40. The summed E-state index contributed by atoms with van der Waals surface area (Å²) in [6.07, 6.45) is 5.41. The molecule has 1 aliphatic carbocycles. The van der Waals surface area contributed by atoms with Gasteiger partial charge in [0.15, 0.2) is 0 Å². The summed E-state index contributed by atoms with van der Waals surface area (Å²) >= 11 is 0. The van der Waals surface area contributed by atoms with E-state index in [9.17, 15) is 5.11 Å². The molecule has 1 aliphatic rings. The van der Waals surface area contributed by atoms with E-state index in [1.54, 1.807) is 0 Å². The van der Waals surface area contributed by atoms with Gasteiger partial charge in [0.1, 0.15) is 0 Å². The molecule has 0 aromatic carbocycles. The maximum Gasteiger partial charge on any atom is 0.0859 e. The van der Waals surface area contributed by atoms with Crippen molar-refractivity contribution in [2.24, 2.45) is 11.3 Å². The predicted octanol–water partition coefficient (Wildman–Crippen LogP) is 3.38. The first-order chi connectivity index (χ1) is 7.26. The molecule has 96 valence electrons. The van der Waals surface area contributed by atoms with Crippen molar-refractivity contribution < 1.29 is 9.84 Å². The molecule has 0 aromatic rings. The molecule has 16 heavy (non-hydrogen) atoms. The van der Waals surface area contributed by atoms with E-state index in [2.05, 4.69) is 20.8 Å². The fourth-order valence-electron chi connectivity index (χ4n) is 2.79. The molecule has 1 fully saturated rings. The molecule has 0 bridgehead atoms. The molecule has 0 radical (unpaired) electrons. The van der Waals surface area contributed by atoms with Gasteiger partial charge >= 0.3 is 0 Å². The highest BCUT2D eigenvalue weighted by Gasteiger charge is 2.33. The third-order valence-electron chi connectivity index (χ3n) is 3.79. The van der Waals surface area contributed by atoms with Crippen LogP contribution >= 0.6 is 0 Å². The average Bonchev–Trinajstić information content (AvgIpc) is 2.15. The van der Waals surface area contributed by atoms with Gasteiger partial charge in [-0.2, -0.15) is 0 Å². The fraction of sp³-hybridized carbons (Fsp3) is 1.00. The maximum absolute atomic E-state index is 9.22. The molecule has 0 heterocycles. The highest BCUT2D eigenvalue weighted by molar-refractivity contribution is 4.83. The van der Waals surface area contributed by atoms with Crippen molar-refractivity contribution in [3.63, 3.8) is 0 Å². The first kappa shape index (κ1) is 14.0. The SMILES string of the molecule is C[C@H](OC(C)(C)CO)[C@H]1CCCC(C)(C)C1. The zero-order chi connectivity index (χ0) is 12.4. The summed E-state index contributed by atoms with van der Waals surface area (Å²) in [6, 6.07) is 0. The van der Waals surface area contributed by atoms with Crippen LogP contribution in [0.1, 0.15) is 60.3 Å². The van der Waals surface area contributed by atoms with E-state index < -0.39 is 5.60 Å². The number of aliphatic hydroxyl groups excluding tert-OH is 1.